The van der Waals surface area contributed by atoms with Gasteiger partial charge in [0.1, 0.15) is 0 Å². The van der Waals surface area contributed by atoms with E-state index in [0.717, 1.165) is 6.42 Å². The van der Waals surface area contributed by atoms with Crippen LogP contribution in [0.3, 0.4) is 0 Å². The van der Waals surface area contributed by atoms with Gasteiger partial charge in [0.05, 0.1) is 21.7 Å². The normalized spacial score (nSPS) is 21.1. The van der Waals surface area contributed by atoms with Crippen molar-refractivity contribution in [1.29, 1.82) is 0 Å². The van der Waals surface area contributed by atoms with Gasteiger partial charge in [0.25, 0.3) is 5.91 Å². The minimum atomic E-state index is -0.391. The summed E-state index contributed by atoms with van der Waals surface area (Å²) in [6, 6.07) is 5.04. The first-order chi connectivity index (χ1) is 8.50. The van der Waals surface area contributed by atoms with Crippen molar-refractivity contribution in [2.75, 3.05) is 13.1 Å². The highest BCUT2D eigenvalue weighted by molar-refractivity contribution is 6.43. The van der Waals surface area contributed by atoms with Gasteiger partial charge in [-0.2, -0.15) is 0 Å². The Balaban J connectivity index is 2.16. The monoisotopic (exact) mass is 287 g/mol. The number of amides is 1. The van der Waals surface area contributed by atoms with Crippen molar-refractivity contribution in [3.05, 3.63) is 33.8 Å². The SMILES string of the molecule is CC(O)C1CCN(C(=O)c2cccc(Cl)c2Cl)C1. The second kappa shape index (κ2) is 5.47. The maximum atomic E-state index is 12.3. The highest BCUT2D eigenvalue weighted by atomic mass is 35.5. The van der Waals surface area contributed by atoms with Crippen LogP contribution in [0.5, 0.6) is 0 Å². The van der Waals surface area contributed by atoms with Crippen LogP contribution in [-0.4, -0.2) is 35.1 Å². The summed E-state index contributed by atoms with van der Waals surface area (Å²) in [4.78, 5) is 14.0. The first-order valence-electron chi connectivity index (χ1n) is 5.92. The minimum Gasteiger partial charge on any atom is -0.393 e. The molecule has 1 heterocycles. The fourth-order valence-corrected chi connectivity index (χ4v) is 2.59. The molecule has 2 unspecified atom stereocenters. The van der Waals surface area contributed by atoms with Crippen LogP contribution < -0.4 is 0 Å². The van der Waals surface area contributed by atoms with Crippen LogP contribution in [0.1, 0.15) is 23.7 Å². The number of hydrogen-bond donors (Lipinski definition) is 1. The number of likely N-dealkylation sites (tertiary alicyclic amines) is 1. The molecule has 5 heteroatoms. The van der Waals surface area contributed by atoms with Crippen LogP contribution in [0.25, 0.3) is 0 Å². The van der Waals surface area contributed by atoms with E-state index in [1.165, 1.54) is 0 Å². The molecule has 1 aliphatic rings. The van der Waals surface area contributed by atoms with Crippen molar-refractivity contribution in [3.8, 4) is 0 Å². The van der Waals surface area contributed by atoms with Crippen LogP contribution in [0.4, 0.5) is 0 Å². The van der Waals surface area contributed by atoms with E-state index in [4.69, 9.17) is 23.2 Å². The first-order valence-corrected chi connectivity index (χ1v) is 6.67. The quantitative estimate of drug-likeness (QED) is 0.909. The molecule has 0 bridgehead atoms. The highest BCUT2D eigenvalue weighted by Gasteiger charge is 2.30. The van der Waals surface area contributed by atoms with Gasteiger partial charge in [-0.1, -0.05) is 29.3 Å². The smallest absolute Gasteiger partial charge is 0.255 e. The van der Waals surface area contributed by atoms with Gasteiger partial charge >= 0.3 is 0 Å². The second-order valence-corrected chi connectivity index (χ2v) is 5.43. The Kier molecular flexibility index (Phi) is 4.15. The summed E-state index contributed by atoms with van der Waals surface area (Å²) in [7, 11) is 0. The summed E-state index contributed by atoms with van der Waals surface area (Å²) in [5.74, 6) is 0.0255. The number of carbonyl (C=O) groups excluding carboxylic acids is 1. The lowest BCUT2D eigenvalue weighted by molar-refractivity contribution is 0.0762. The third-order valence-corrected chi connectivity index (χ3v) is 4.20. The number of rotatable bonds is 2. The summed E-state index contributed by atoms with van der Waals surface area (Å²) in [5, 5.41) is 10.2. The number of aliphatic hydroxyl groups excluding tert-OH is 1. The van der Waals surface area contributed by atoms with Crippen molar-refractivity contribution < 1.29 is 9.90 Å². The molecular formula is C13H15Cl2NO2. The summed E-state index contributed by atoms with van der Waals surface area (Å²) in [5.41, 5.74) is 0.426. The fourth-order valence-electron chi connectivity index (χ4n) is 2.20. The number of hydrogen-bond acceptors (Lipinski definition) is 2. The summed E-state index contributed by atoms with van der Waals surface area (Å²) in [6.45, 7) is 2.97. The predicted octanol–water partition coefficient (Wildman–Crippen LogP) is 2.84. The molecule has 1 N–H and O–H groups in total. The van der Waals surface area contributed by atoms with Crippen molar-refractivity contribution in [3.63, 3.8) is 0 Å². The highest BCUT2D eigenvalue weighted by Crippen LogP contribution is 2.28. The van der Waals surface area contributed by atoms with Crippen LogP contribution in [-0.2, 0) is 0 Å². The topological polar surface area (TPSA) is 40.5 Å². The van der Waals surface area contributed by atoms with E-state index in [9.17, 15) is 9.90 Å². The molecule has 1 saturated heterocycles. The van der Waals surface area contributed by atoms with E-state index in [2.05, 4.69) is 0 Å². The molecule has 2 rings (SSSR count). The maximum Gasteiger partial charge on any atom is 0.255 e. The van der Waals surface area contributed by atoms with Crippen LogP contribution in [0, 0.1) is 5.92 Å². The van der Waals surface area contributed by atoms with Crippen LogP contribution >= 0.6 is 23.2 Å². The third-order valence-electron chi connectivity index (χ3n) is 3.38. The molecule has 0 spiro atoms. The second-order valence-electron chi connectivity index (χ2n) is 4.64. The van der Waals surface area contributed by atoms with E-state index in [1.807, 2.05) is 0 Å². The van der Waals surface area contributed by atoms with Gasteiger partial charge in [-0.15, -0.1) is 0 Å². The lowest BCUT2D eigenvalue weighted by atomic mass is 10.0. The Morgan fingerprint density at radius 1 is 1.50 bits per heavy atom. The Morgan fingerprint density at radius 3 is 2.83 bits per heavy atom. The van der Waals surface area contributed by atoms with Crippen LogP contribution in [0.2, 0.25) is 10.0 Å². The lowest BCUT2D eigenvalue weighted by Gasteiger charge is -2.18. The van der Waals surface area contributed by atoms with Gasteiger partial charge in [-0.05, 0) is 25.5 Å². The number of carbonyl (C=O) groups is 1. The minimum absolute atomic E-state index is 0.120. The number of nitrogens with zero attached hydrogens (tertiary/aromatic N) is 1. The zero-order chi connectivity index (χ0) is 13.3. The van der Waals surface area contributed by atoms with Crippen molar-refractivity contribution in [2.45, 2.75) is 19.4 Å². The molecule has 1 aromatic rings. The average molecular weight is 288 g/mol. The lowest BCUT2D eigenvalue weighted by Crippen LogP contribution is -2.30. The number of halogens is 2. The molecule has 98 valence electrons. The molecule has 1 aliphatic heterocycles. The maximum absolute atomic E-state index is 12.3. The average Bonchev–Trinajstić information content (AvgIpc) is 2.81. The van der Waals surface area contributed by atoms with E-state index in [1.54, 1.807) is 30.0 Å². The fraction of sp³-hybridized carbons (Fsp3) is 0.462. The molecule has 18 heavy (non-hydrogen) atoms. The summed E-state index contributed by atoms with van der Waals surface area (Å²) >= 11 is 11.9. The molecule has 0 saturated carbocycles. The third kappa shape index (κ3) is 2.63. The van der Waals surface area contributed by atoms with Crippen molar-refractivity contribution in [2.24, 2.45) is 5.92 Å². The predicted molar refractivity (Wildman–Crippen MR) is 72.2 cm³/mol. The number of benzene rings is 1. The van der Waals surface area contributed by atoms with E-state index >= 15 is 0 Å². The van der Waals surface area contributed by atoms with Gasteiger partial charge in [0.2, 0.25) is 0 Å². The Labute approximate surface area is 116 Å². The van der Waals surface area contributed by atoms with E-state index in [-0.39, 0.29) is 11.8 Å². The number of aliphatic hydroxyl groups is 1. The Morgan fingerprint density at radius 2 is 2.22 bits per heavy atom. The molecule has 2 atom stereocenters. The van der Waals surface area contributed by atoms with Gasteiger partial charge in [-0.3, -0.25) is 4.79 Å². The molecule has 1 fully saturated rings. The molecule has 1 aromatic carbocycles. The van der Waals surface area contributed by atoms with Gasteiger partial charge in [0, 0.05) is 19.0 Å². The molecule has 0 aromatic heterocycles. The van der Waals surface area contributed by atoms with Gasteiger partial charge in [0.15, 0.2) is 0 Å². The summed E-state index contributed by atoms with van der Waals surface area (Å²) < 4.78 is 0. The molecular weight excluding hydrogens is 273 g/mol. The van der Waals surface area contributed by atoms with E-state index < -0.39 is 6.10 Å². The molecule has 3 nitrogen and oxygen atoms in total. The van der Waals surface area contributed by atoms with E-state index in [0.29, 0.717) is 28.7 Å². The summed E-state index contributed by atoms with van der Waals surface area (Å²) in [6.07, 6.45) is 0.430. The molecule has 0 radical (unpaired) electrons. The standard InChI is InChI=1S/C13H15Cl2NO2/c1-8(17)9-5-6-16(7-9)13(18)10-3-2-4-11(14)12(10)15/h2-4,8-9,17H,5-7H2,1H3. The Hall–Kier alpha value is -0.770. The van der Waals surface area contributed by atoms with Crippen molar-refractivity contribution >= 4 is 29.1 Å². The van der Waals surface area contributed by atoms with Gasteiger partial charge in [-0.25, -0.2) is 0 Å². The first kappa shape index (κ1) is 13.7. The van der Waals surface area contributed by atoms with Gasteiger partial charge < -0.3 is 10.0 Å². The van der Waals surface area contributed by atoms with Crippen LogP contribution in [0.15, 0.2) is 18.2 Å². The Bertz CT molecular complexity index is 462. The molecule has 0 aliphatic carbocycles. The van der Waals surface area contributed by atoms with Crippen molar-refractivity contribution in [1.82, 2.24) is 4.90 Å². The molecule has 1 amide bonds. The largest absolute Gasteiger partial charge is 0.393 e. The zero-order valence-electron chi connectivity index (χ0n) is 10.1. The zero-order valence-corrected chi connectivity index (χ0v) is 11.6.